The number of azide groups is 1. The summed E-state index contributed by atoms with van der Waals surface area (Å²) in [5.41, 5.74) is 17.1. The van der Waals surface area contributed by atoms with Gasteiger partial charge in [-0.2, -0.15) is 0 Å². The van der Waals surface area contributed by atoms with Gasteiger partial charge in [-0.1, -0.05) is 217 Å². The molecule has 13 nitrogen and oxygen atoms in total. The number of hydrogen-bond acceptors (Lipinski definition) is 11. The summed E-state index contributed by atoms with van der Waals surface area (Å²) in [4.78, 5) is 3.39. The van der Waals surface area contributed by atoms with Crippen molar-refractivity contribution in [3.8, 4) is 0 Å². The van der Waals surface area contributed by atoms with Gasteiger partial charge in [-0.25, -0.2) is 0 Å². The van der Waals surface area contributed by atoms with Crippen molar-refractivity contribution in [3.63, 3.8) is 0 Å². The molecule has 13 heteroatoms. The highest BCUT2D eigenvalue weighted by Gasteiger charge is 2.54. The van der Waals surface area contributed by atoms with Gasteiger partial charge in [0, 0.05) is 4.91 Å². The van der Waals surface area contributed by atoms with E-state index in [-0.39, 0.29) is 46.2 Å². The Hall–Kier alpha value is -6.55. The average molecular weight is 998 g/mol. The maximum Gasteiger partial charge on any atom is 0.187 e. The average Bonchev–Trinajstić information content (AvgIpc) is 3.46. The molecule has 0 aliphatic carbocycles. The summed E-state index contributed by atoms with van der Waals surface area (Å²) in [6, 6.07) is 68.2. The summed E-state index contributed by atoms with van der Waals surface area (Å²) >= 11 is 0. The minimum atomic E-state index is -1.27. The topological polar surface area (TPSA) is 141 Å². The van der Waals surface area contributed by atoms with Crippen LogP contribution in [0.5, 0.6) is 0 Å². The zero-order valence-electron chi connectivity index (χ0n) is 41.3. The van der Waals surface area contributed by atoms with E-state index in [4.69, 9.17) is 47.4 Å². The molecule has 0 spiro atoms. The van der Waals surface area contributed by atoms with Gasteiger partial charge in [0.25, 0.3) is 0 Å². The summed E-state index contributed by atoms with van der Waals surface area (Å²) in [5.74, 6) is 0. The van der Waals surface area contributed by atoms with E-state index >= 15 is 0 Å². The van der Waals surface area contributed by atoms with Gasteiger partial charge in [0.2, 0.25) is 0 Å². The number of rotatable bonds is 26. The van der Waals surface area contributed by atoms with E-state index in [9.17, 15) is 5.53 Å². The van der Waals surface area contributed by atoms with Crippen LogP contribution in [-0.2, 0) is 93.6 Å². The largest absolute Gasteiger partial charge is 0.374 e. The molecule has 0 saturated carbocycles. The maximum absolute atomic E-state index is 10.4. The van der Waals surface area contributed by atoms with E-state index < -0.39 is 61.3 Å². The standard InChI is InChI=1S/C61H63N3O10/c62-64-63-54-57(69-40-49-30-16-5-17-31-49)55(67-38-47-26-12-3-13-27-47)52(43-65-36-45-22-8-1-9-23-45)72-60(54)74-59-58(70-41-50-32-18-6-19-33-50)56(68-39-48-28-14-4-15-29-48)53(44-66-37-46-24-10-2-11-25-46)73-61(59)71-42-51-34-20-7-21-35-51/h1-35,52-61H,36-44H2/t52-,53-,54-,55-,56-,57-,58+,59-,60+,61-/m1/s1. The Balaban J connectivity index is 1.10. The first-order valence-corrected chi connectivity index (χ1v) is 25.2. The van der Waals surface area contributed by atoms with Crippen LogP contribution in [0.4, 0.5) is 0 Å². The van der Waals surface area contributed by atoms with Crippen molar-refractivity contribution < 1.29 is 47.4 Å². The lowest BCUT2D eigenvalue weighted by molar-refractivity contribution is -0.368. The van der Waals surface area contributed by atoms with Crippen LogP contribution in [0.15, 0.2) is 217 Å². The zero-order valence-corrected chi connectivity index (χ0v) is 41.3. The zero-order chi connectivity index (χ0) is 50.4. The molecule has 7 aromatic rings. The lowest BCUT2D eigenvalue weighted by atomic mass is 9.95. The molecule has 74 heavy (non-hydrogen) atoms. The Morgan fingerprint density at radius 1 is 0.338 bits per heavy atom. The second-order valence-electron chi connectivity index (χ2n) is 18.2. The van der Waals surface area contributed by atoms with Crippen LogP contribution in [0.1, 0.15) is 38.9 Å². The first kappa shape index (κ1) is 52.3. The highest BCUT2D eigenvalue weighted by atomic mass is 16.8. The quantitative estimate of drug-likeness (QED) is 0.0292. The fraction of sp³-hybridized carbons (Fsp3) is 0.311. The van der Waals surface area contributed by atoms with Gasteiger partial charge in [-0.15, -0.1) is 0 Å². The summed E-state index contributed by atoms with van der Waals surface area (Å²) in [6.45, 7) is 1.85. The minimum absolute atomic E-state index is 0.0784. The van der Waals surface area contributed by atoms with Crippen LogP contribution >= 0.6 is 0 Å². The van der Waals surface area contributed by atoms with Crippen molar-refractivity contribution in [3.05, 3.63) is 262 Å². The molecule has 7 aromatic carbocycles. The molecular formula is C61H63N3O10. The molecule has 0 aromatic heterocycles. The first-order valence-electron chi connectivity index (χ1n) is 25.2. The van der Waals surface area contributed by atoms with E-state index in [0.29, 0.717) is 13.2 Å². The normalized spacial score (nSPS) is 23.7. The Labute approximate surface area is 433 Å². The van der Waals surface area contributed by atoms with E-state index in [1.165, 1.54) is 0 Å². The van der Waals surface area contributed by atoms with Crippen molar-refractivity contribution in [2.75, 3.05) is 13.2 Å². The van der Waals surface area contributed by atoms with Crippen molar-refractivity contribution in [1.82, 2.24) is 0 Å². The highest BCUT2D eigenvalue weighted by Crippen LogP contribution is 2.37. The number of hydrogen-bond donors (Lipinski definition) is 0. The Bertz CT molecular complexity index is 2690. The molecule has 2 heterocycles. The third kappa shape index (κ3) is 15.3. The van der Waals surface area contributed by atoms with Gasteiger partial charge in [0.15, 0.2) is 12.6 Å². The molecule has 2 fully saturated rings. The third-order valence-electron chi connectivity index (χ3n) is 12.9. The fourth-order valence-electron chi connectivity index (χ4n) is 9.10. The molecule has 382 valence electrons. The van der Waals surface area contributed by atoms with Crippen molar-refractivity contribution >= 4 is 0 Å². The first-order chi connectivity index (χ1) is 36.7. The SMILES string of the molecule is [N-]=[N+]=N[C@H]1[C@H](O[C@H]2[C@H](OCc3ccccc3)O[C@H](COCc3ccccc3)[C@@H](OCc3ccccc3)[C@@H]2OCc2ccccc2)O[C@H](COCc2ccccc2)[C@@H](OCc2ccccc2)[C@@H]1OCc1ccccc1. The van der Waals surface area contributed by atoms with Crippen molar-refractivity contribution in [1.29, 1.82) is 0 Å². The minimum Gasteiger partial charge on any atom is -0.374 e. The second kappa shape index (κ2) is 28.2. The van der Waals surface area contributed by atoms with Gasteiger partial charge in [-0.05, 0) is 44.5 Å². The predicted molar refractivity (Wildman–Crippen MR) is 279 cm³/mol. The summed E-state index contributed by atoms with van der Waals surface area (Å²) in [5, 5.41) is 4.42. The van der Waals surface area contributed by atoms with Crippen LogP contribution in [0.3, 0.4) is 0 Å². The van der Waals surface area contributed by atoms with Gasteiger partial charge < -0.3 is 47.4 Å². The van der Waals surface area contributed by atoms with Crippen LogP contribution < -0.4 is 0 Å². The van der Waals surface area contributed by atoms with Gasteiger partial charge in [0.05, 0.1) is 59.5 Å². The van der Waals surface area contributed by atoms with Gasteiger partial charge >= 0.3 is 0 Å². The molecule has 0 amide bonds. The van der Waals surface area contributed by atoms with E-state index in [1.807, 2.05) is 212 Å². The fourth-order valence-corrected chi connectivity index (χ4v) is 9.10. The van der Waals surface area contributed by atoms with Crippen LogP contribution in [0.25, 0.3) is 10.4 Å². The lowest BCUT2D eigenvalue weighted by Crippen LogP contribution is -2.65. The van der Waals surface area contributed by atoms with Crippen molar-refractivity contribution in [2.24, 2.45) is 5.11 Å². The monoisotopic (exact) mass is 997 g/mol. The molecule has 0 N–H and O–H groups in total. The van der Waals surface area contributed by atoms with E-state index in [2.05, 4.69) is 10.0 Å². The second-order valence-corrected chi connectivity index (χ2v) is 18.2. The molecule has 2 saturated heterocycles. The number of benzene rings is 7. The third-order valence-corrected chi connectivity index (χ3v) is 12.9. The van der Waals surface area contributed by atoms with Gasteiger partial charge in [-0.3, -0.25) is 0 Å². The van der Waals surface area contributed by atoms with Crippen LogP contribution in [0, 0.1) is 0 Å². The lowest BCUT2D eigenvalue weighted by Gasteiger charge is -2.49. The summed E-state index contributed by atoms with van der Waals surface area (Å²) < 4.78 is 68.8. The summed E-state index contributed by atoms with van der Waals surface area (Å²) in [6.07, 6.45) is -8.27. The molecule has 2 aliphatic rings. The molecule has 10 atom stereocenters. The molecular weight excluding hydrogens is 935 g/mol. The van der Waals surface area contributed by atoms with E-state index in [0.717, 1.165) is 38.9 Å². The summed E-state index contributed by atoms with van der Waals surface area (Å²) in [7, 11) is 0. The molecule has 2 aliphatic heterocycles. The van der Waals surface area contributed by atoms with Gasteiger partial charge in [0.1, 0.15) is 48.8 Å². The van der Waals surface area contributed by atoms with E-state index in [1.54, 1.807) is 0 Å². The smallest absolute Gasteiger partial charge is 0.187 e. The van der Waals surface area contributed by atoms with Crippen molar-refractivity contribution in [2.45, 2.75) is 108 Å². The molecule has 0 bridgehead atoms. The van der Waals surface area contributed by atoms with Crippen LogP contribution in [0.2, 0.25) is 0 Å². The Morgan fingerprint density at radius 2 is 0.635 bits per heavy atom. The predicted octanol–water partition coefficient (Wildman–Crippen LogP) is 11.5. The van der Waals surface area contributed by atoms with Crippen LogP contribution in [-0.4, -0.2) is 74.6 Å². The molecule has 0 radical (unpaired) electrons. The molecule has 9 rings (SSSR count). The maximum atomic E-state index is 10.4. The Morgan fingerprint density at radius 3 is 1.00 bits per heavy atom. The highest BCUT2D eigenvalue weighted by molar-refractivity contribution is 5.19. The Kier molecular flexibility index (Phi) is 19.9. The number of ether oxygens (including phenoxy) is 10. The number of nitrogens with zero attached hydrogens (tertiary/aromatic N) is 3. The molecule has 0 unspecified atom stereocenters.